The Kier molecular flexibility index (Phi) is 4.68. The van der Waals surface area contributed by atoms with Crippen LogP contribution >= 0.6 is 0 Å². The number of hydrogen-bond acceptors (Lipinski definition) is 3. The fraction of sp³-hybridized carbons (Fsp3) is 0.0417. The van der Waals surface area contributed by atoms with Crippen molar-refractivity contribution in [3.8, 4) is 22.6 Å². The lowest BCUT2D eigenvalue weighted by Gasteiger charge is -2.16. The minimum atomic E-state index is -0.236. The first-order valence-corrected chi connectivity index (χ1v) is 8.93. The van der Waals surface area contributed by atoms with Crippen molar-refractivity contribution in [3.05, 3.63) is 90.5 Å². The summed E-state index contributed by atoms with van der Waals surface area (Å²) in [5.41, 5.74) is 2.43. The van der Waals surface area contributed by atoms with Crippen molar-refractivity contribution >= 4 is 22.4 Å². The van der Waals surface area contributed by atoms with Gasteiger partial charge in [0.1, 0.15) is 11.5 Å². The Labute approximate surface area is 163 Å². The minimum absolute atomic E-state index is 0.0873. The fourth-order valence-electron chi connectivity index (χ4n) is 3.32. The van der Waals surface area contributed by atoms with Crippen molar-refractivity contribution in [1.29, 1.82) is 0 Å². The third kappa shape index (κ3) is 3.28. The molecule has 0 aliphatic rings. The highest BCUT2D eigenvalue weighted by molar-refractivity contribution is 6.09. The summed E-state index contributed by atoms with van der Waals surface area (Å²) < 4.78 is 5.45. The summed E-state index contributed by atoms with van der Waals surface area (Å²) in [5, 5.41) is 15.5. The van der Waals surface area contributed by atoms with E-state index in [0.29, 0.717) is 22.6 Å². The van der Waals surface area contributed by atoms with Crippen LogP contribution in [0.15, 0.2) is 84.9 Å². The lowest BCUT2D eigenvalue weighted by atomic mass is 9.95. The standard InChI is InChI=1S/C24H19NO3/c1-28-18-14-17-10-5-6-11-19(17)20(15-18)23-21(12-7-13-22(23)26)25-24(27)16-8-3-2-4-9-16/h2-15,26H,1H3,(H,25,27). The van der Waals surface area contributed by atoms with E-state index in [0.717, 1.165) is 16.3 Å². The highest BCUT2D eigenvalue weighted by Gasteiger charge is 2.17. The van der Waals surface area contributed by atoms with E-state index in [4.69, 9.17) is 4.74 Å². The monoisotopic (exact) mass is 369 g/mol. The molecule has 0 aliphatic carbocycles. The van der Waals surface area contributed by atoms with E-state index in [1.54, 1.807) is 37.4 Å². The lowest BCUT2D eigenvalue weighted by Crippen LogP contribution is -2.12. The largest absolute Gasteiger partial charge is 0.507 e. The minimum Gasteiger partial charge on any atom is -0.507 e. The van der Waals surface area contributed by atoms with Crippen molar-refractivity contribution in [3.63, 3.8) is 0 Å². The van der Waals surface area contributed by atoms with Crippen molar-refractivity contribution in [2.75, 3.05) is 12.4 Å². The zero-order chi connectivity index (χ0) is 19.5. The zero-order valence-corrected chi connectivity index (χ0v) is 15.3. The molecular formula is C24H19NO3. The molecule has 0 unspecified atom stereocenters. The van der Waals surface area contributed by atoms with E-state index in [1.165, 1.54) is 0 Å². The fourth-order valence-corrected chi connectivity index (χ4v) is 3.32. The molecule has 0 radical (unpaired) electrons. The quantitative estimate of drug-likeness (QED) is 0.501. The molecule has 2 N–H and O–H groups in total. The van der Waals surface area contributed by atoms with E-state index in [2.05, 4.69) is 5.32 Å². The van der Waals surface area contributed by atoms with Crippen molar-refractivity contribution < 1.29 is 14.6 Å². The summed E-state index contributed by atoms with van der Waals surface area (Å²) in [4.78, 5) is 12.7. The topological polar surface area (TPSA) is 58.6 Å². The van der Waals surface area contributed by atoms with E-state index in [1.807, 2.05) is 54.6 Å². The Morgan fingerprint density at radius 1 is 0.893 bits per heavy atom. The molecule has 4 heteroatoms. The number of methoxy groups -OCH3 is 1. The molecule has 0 fully saturated rings. The normalized spacial score (nSPS) is 10.6. The van der Waals surface area contributed by atoms with Gasteiger partial charge in [0.05, 0.1) is 12.8 Å². The molecule has 4 aromatic carbocycles. The lowest BCUT2D eigenvalue weighted by molar-refractivity contribution is 0.102. The number of rotatable bonds is 4. The van der Waals surface area contributed by atoms with E-state index < -0.39 is 0 Å². The molecule has 4 nitrogen and oxygen atoms in total. The number of benzene rings is 4. The van der Waals surface area contributed by atoms with E-state index in [9.17, 15) is 9.90 Å². The van der Waals surface area contributed by atoms with Gasteiger partial charge in [-0.1, -0.05) is 48.5 Å². The van der Waals surface area contributed by atoms with Gasteiger partial charge in [0.25, 0.3) is 5.91 Å². The molecule has 138 valence electrons. The summed E-state index contributed by atoms with van der Waals surface area (Å²) >= 11 is 0. The molecule has 0 bridgehead atoms. The summed E-state index contributed by atoms with van der Waals surface area (Å²) in [6.07, 6.45) is 0. The highest BCUT2D eigenvalue weighted by atomic mass is 16.5. The highest BCUT2D eigenvalue weighted by Crippen LogP contribution is 2.41. The Morgan fingerprint density at radius 2 is 1.64 bits per heavy atom. The molecule has 1 amide bonds. The third-order valence-corrected chi connectivity index (χ3v) is 4.67. The first-order chi connectivity index (χ1) is 13.7. The predicted molar refractivity (Wildman–Crippen MR) is 112 cm³/mol. The molecule has 0 saturated heterocycles. The maximum atomic E-state index is 12.7. The molecule has 0 aromatic heterocycles. The van der Waals surface area contributed by atoms with Crippen molar-refractivity contribution in [2.45, 2.75) is 0 Å². The van der Waals surface area contributed by atoms with Gasteiger partial charge in [-0.3, -0.25) is 4.79 Å². The smallest absolute Gasteiger partial charge is 0.255 e. The van der Waals surface area contributed by atoms with Crippen LogP contribution in [0, 0.1) is 0 Å². The van der Waals surface area contributed by atoms with Gasteiger partial charge in [-0.15, -0.1) is 0 Å². The number of nitrogens with one attached hydrogen (secondary N) is 1. The maximum Gasteiger partial charge on any atom is 0.255 e. The van der Waals surface area contributed by atoms with Crippen LogP contribution in [0.25, 0.3) is 21.9 Å². The Hall–Kier alpha value is -3.79. The number of carbonyl (C=O) groups excluding carboxylic acids is 1. The number of aromatic hydroxyl groups is 1. The Bertz CT molecular complexity index is 1150. The molecule has 0 saturated carbocycles. The van der Waals surface area contributed by atoms with Crippen molar-refractivity contribution in [2.24, 2.45) is 0 Å². The number of phenols is 1. The average Bonchev–Trinajstić information content (AvgIpc) is 2.74. The Morgan fingerprint density at radius 3 is 2.43 bits per heavy atom. The van der Waals surface area contributed by atoms with Gasteiger partial charge in [0.15, 0.2) is 0 Å². The summed E-state index contributed by atoms with van der Waals surface area (Å²) in [6.45, 7) is 0. The molecule has 0 aliphatic heterocycles. The number of hydrogen-bond donors (Lipinski definition) is 2. The van der Waals surface area contributed by atoms with Crippen LogP contribution < -0.4 is 10.1 Å². The average molecular weight is 369 g/mol. The van der Waals surface area contributed by atoms with Crippen LogP contribution in [-0.2, 0) is 0 Å². The first kappa shape index (κ1) is 17.6. The second-order valence-electron chi connectivity index (χ2n) is 6.42. The first-order valence-electron chi connectivity index (χ1n) is 8.93. The molecule has 0 heterocycles. The zero-order valence-electron chi connectivity index (χ0n) is 15.3. The van der Waals surface area contributed by atoms with Crippen LogP contribution in [0.5, 0.6) is 11.5 Å². The van der Waals surface area contributed by atoms with Crippen LogP contribution in [0.4, 0.5) is 5.69 Å². The summed E-state index contributed by atoms with van der Waals surface area (Å²) in [7, 11) is 1.61. The summed E-state index contributed by atoms with van der Waals surface area (Å²) in [5.74, 6) is 0.529. The molecule has 4 aromatic rings. The van der Waals surface area contributed by atoms with Gasteiger partial charge in [-0.05, 0) is 52.7 Å². The van der Waals surface area contributed by atoms with E-state index in [-0.39, 0.29) is 11.7 Å². The van der Waals surface area contributed by atoms with Crippen LogP contribution in [0.3, 0.4) is 0 Å². The van der Waals surface area contributed by atoms with Crippen molar-refractivity contribution in [1.82, 2.24) is 0 Å². The second-order valence-corrected chi connectivity index (χ2v) is 6.42. The van der Waals surface area contributed by atoms with Gasteiger partial charge in [0, 0.05) is 11.1 Å². The van der Waals surface area contributed by atoms with Crippen LogP contribution in [-0.4, -0.2) is 18.1 Å². The number of carbonyl (C=O) groups is 1. The van der Waals surface area contributed by atoms with Gasteiger partial charge in [-0.2, -0.15) is 0 Å². The SMILES string of the molecule is COc1cc(-c2c(O)cccc2NC(=O)c2ccccc2)c2ccccc2c1. The van der Waals surface area contributed by atoms with Gasteiger partial charge < -0.3 is 15.2 Å². The predicted octanol–water partition coefficient (Wildman–Crippen LogP) is 5.47. The Balaban J connectivity index is 1.88. The number of anilines is 1. The van der Waals surface area contributed by atoms with Gasteiger partial charge >= 0.3 is 0 Å². The number of ether oxygens (including phenoxy) is 1. The van der Waals surface area contributed by atoms with Crippen LogP contribution in [0.2, 0.25) is 0 Å². The summed E-state index contributed by atoms with van der Waals surface area (Å²) in [6, 6.07) is 25.8. The van der Waals surface area contributed by atoms with E-state index >= 15 is 0 Å². The maximum absolute atomic E-state index is 12.7. The number of amides is 1. The third-order valence-electron chi connectivity index (χ3n) is 4.67. The molecule has 0 atom stereocenters. The molecule has 0 spiro atoms. The molecule has 28 heavy (non-hydrogen) atoms. The van der Waals surface area contributed by atoms with Gasteiger partial charge in [0.2, 0.25) is 0 Å². The molecule has 4 rings (SSSR count). The second kappa shape index (κ2) is 7.45. The number of fused-ring (bicyclic) bond motifs is 1. The number of phenolic OH excluding ortho intramolecular Hbond substituents is 1. The van der Waals surface area contributed by atoms with Crippen LogP contribution in [0.1, 0.15) is 10.4 Å². The van der Waals surface area contributed by atoms with Gasteiger partial charge in [-0.25, -0.2) is 0 Å². The molecular weight excluding hydrogens is 350 g/mol.